The first-order chi connectivity index (χ1) is 13.2. The number of sulfonamides is 1. The van der Waals surface area contributed by atoms with Crippen LogP contribution in [0.5, 0.6) is 5.75 Å². The monoisotopic (exact) mass is 469 g/mol. The van der Waals surface area contributed by atoms with Gasteiger partial charge in [0.05, 0.1) is 29.9 Å². The van der Waals surface area contributed by atoms with Crippen LogP contribution in [0, 0.1) is 6.92 Å². The van der Waals surface area contributed by atoms with Crippen molar-refractivity contribution in [3.8, 4) is 5.75 Å². The van der Waals surface area contributed by atoms with Gasteiger partial charge in [-0.05, 0) is 55.3 Å². The molecule has 0 heterocycles. The fraction of sp³-hybridized carbons (Fsp3) is 0.350. The normalized spacial score (nSPS) is 11.2. The molecule has 28 heavy (non-hydrogen) atoms. The highest BCUT2D eigenvalue weighted by Gasteiger charge is 2.27. The van der Waals surface area contributed by atoms with Crippen LogP contribution in [0.2, 0.25) is 0 Å². The van der Waals surface area contributed by atoms with Crippen LogP contribution < -0.4 is 9.04 Å². The molecule has 0 unspecified atom stereocenters. The lowest BCUT2D eigenvalue weighted by Crippen LogP contribution is -2.29. The zero-order valence-electron chi connectivity index (χ0n) is 16.4. The minimum Gasteiger partial charge on any atom is -0.494 e. The van der Waals surface area contributed by atoms with Gasteiger partial charge in [0.15, 0.2) is 0 Å². The molecule has 0 fully saturated rings. The molecule has 0 aliphatic heterocycles. The van der Waals surface area contributed by atoms with Gasteiger partial charge in [-0.3, -0.25) is 4.31 Å². The quantitative estimate of drug-likeness (QED) is 0.418. The zero-order chi connectivity index (χ0) is 20.9. The van der Waals surface area contributed by atoms with Crippen molar-refractivity contribution in [2.24, 2.45) is 0 Å². The Bertz CT molecular complexity index is 942. The van der Waals surface area contributed by atoms with E-state index in [-0.39, 0.29) is 16.1 Å². The first-order valence-corrected chi connectivity index (χ1v) is 11.1. The molecule has 0 aliphatic rings. The van der Waals surface area contributed by atoms with E-state index < -0.39 is 16.0 Å². The van der Waals surface area contributed by atoms with Crippen LogP contribution in [0.25, 0.3) is 0 Å². The number of halogens is 1. The van der Waals surface area contributed by atoms with Gasteiger partial charge in [0.2, 0.25) is 0 Å². The number of hydrogen-bond donors (Lipinski definition) is 0. The number of esters is 1. The maximum absolute atomic E-state index is 13.1. The number of nitrogens with zero attached hydrogens (tertiary/aromatic N) is 1. The molecule has 0 aliphatic carbocycles. The van der Waals surface area contributed by atoms with Crippen LogP contribution >= 0.6 is 15.9 Å². The van der Waals surface area contributed by atoms with Crippen LogP contribution in [0.4, 0.5) is 5.69 Å². The maximum atomic E-state index is 13.1. The van der Waals surface area contributed by atoms with Gasteiger partial charge in [0.1, 0.15) is 5.75 Å². The number of methoxy groups -OCH3 is 1. The first-order valence-electron chi connectivity index (χ1n) is 8.82. The summed E-state index contributed by atoms with van der Waals surface area (Å²) >= 11 is 3.33. The molecule has 0 amide bonds. The van der Waals surface area contributed by atoms with E-state index in [1.54, 1.807) is 31.2 Å². The van der Waals surface area contributed by atoms with E-state index >= 15 is 0 Å². The Hall–Kier alpha value is -2.06. The Morgan fingerprint density at radius 3 is 2.39 bits per heavy atom. The number of carbonyl (C=O) groups is 1. The predicted octanol–water partition coefficient (Wildman–Crippen LogP) is 4.55. The standard InChI is InChI=1S/C20H24BrNO5S/c1-5-6-11-27-16-7-9-17(10-8-16)28(24,25)22(3)19-14(2)12-15(21)13-18(19)20(23)26-4/h7-10,12-13H,5-6,11H2,1-4H3. The highest BCUT2D eigenvalue weighted by atomic mass is 79.9. The average molecular weight is 470 g/mol. The van der Waals surface area contributed by atoms with E-state index in [1.807, 2.05) is 0 Å². The Kier molecular flexibility index (Phi) is 7.48. The van der Waals surface area contributed by atoms with Crippen LogP contribution in [-0.2, 0) is 14.8 Å². The average Bonchev–Trinajstić information content (AvgIpc) is 2.67. The summed E-state index contributed by atoms with van der Waals surface area (Å²) in [7, 11) is -1.20. The number of carbonyl (C=O) groups excluding carboxylic acids is 1. The number of ether oxygens (including phenoxy) is 2. The molecule has 6 nitrogen and oxygen atoms in total. The maximum Gasteiger partial charge on any atom is 0.340 e. The van der Waals surface area contributed by atoms with Crippen LogP contribution in [-0.4, -0.2) is 35.2 Å². The van der Waals surface area contributed by atoms with Gasteiger partial charge in [-0.2, -0.15) is 0 Å². The third-order valence-corrected chi connectivity index (χ3v) is 6.46. The molecule has 2 aromatic carbocycles. The smallest absolute Gasteiger partial charge is 0.340 e. The number of unbranched alkanes of at least 4 members (excludes halogenated alkanes) is 1. The SMILES string of the molecule is CCCCOc1ccc(S(=O)(=O)N(C)c2c(C)cc(Br)cc2C(=O)OC)cc1. The second kappa shape index (κ2) is 9.43. The van der Waals surface area contributed by atoms with Crippen molar-refractivity contribution in [2.75, 3.05) is 25.1 Å². The summed E-state index contributed by atoms with van der Waals surface area (Å²) < 4.78 is 38.4. The molecular formula is C20H24BrNO5S. The summed E-state index contributed by atoms with van der Waals surface area (Å²) in [6.45, 7) is 4.40. The Morgan fingerprint density at radius 2 is 1.82 bits per heavy atom. The van der Waals surface area contributed by atoms with Crippen molar-refractivity contribution in [1.29, 1.82) is 0 Å². The van der Waals surface area contributed by atoms with Crippen molar-refractivity contribution in [3.63, 3.8) is 0 Å². The van der Waals surface area contributed by atoms with Gasteiger partial charge in [-0.1, -0.05) is 29.3 Å². The summed E-state index contributed by atoms with van der Waals surface area (Å²) in [5.74, 6) is 0.00578. The Balaban J connectivity index is 2.40. The highest BCUT2D eigenvalue weighted by molar-refractivity contribution is 9.10. The van der Waals surface area contributed by atoms with Crippen LogP contribution in [0.3, 0.4) is 0 Å². The number of hydrogen-bond acceptors (Lipinski definition) is 5. The van der Waals surface area contributed by atoms with Crippen molar-refractivity contribution in [3.05, 3.63) is 52.0 Å². The number of benzene rings is 2. The largest absolute Gasteiger partial charge is 0.494 e. The molecular weight excluding hydrogens is 446 g/mol. The molecule has 8 heteroatoms. The van der Waals surface area contributed by atoms with Gasteiger partial charge >= 0.3 is 5.97 Å². The molecule has 0 atom stereocenters. The zero-order valence-corrected chi connectivity index (χ0v) is 18.8. The molecule has 2 rings (SSSR count). The summed E-state index contributed by atoms with van der Waals surface area (Å²) in [4.78, 5) is 12.3. The minimum atomic E-state index is -3.88. The number of rotatable bonds is 8. The molecule has 152 valence electrons. The third-order valence-electron chi connectivity index (χ3n) is 4.23. The topological polar surface area (TPSA) is 72.9 Å². The minimum absolute atomic E-state index is 0.107. The van der Waals surface area contributed by atoms with E-state index in [0.717, 1.165) is 17.1 Å². The second-order valence-corrected chi connectivity index (χ2v) is 9.14. The Morgan fingerprint density at radius 1 is 1.18 bits per heavy atom. The number of aryl methyl sites for hydroxylation is 1. The van der Waals surface area contributed by atoms with E-state index in [2.05, 4.69) is 22.9 Å². The van der Waals surface area contributed by atoms with Gasteiger partial charge in [-0.25, -0.2) is 13.2 Å². The van der Waals surface area contributed by atoms with Crippen LogP contribution in [0.1, 0.15) is 35.7 Å². The molecule has 0 aromatic heterocycles. The fourth-order valence-electron chi connectivity index (χ4n) is 2.74. The second-order valence-electron chi connectivity index (χ2n) is 6.26. The van der Waals surface area contributed by atoms with Crippen LogP contribution in [0.15, 0.2) is 45.8 Å². The van der Waals surface area contributed by atoms with Crippen molar-refractivity contribution in [1.82, 2.24) is 0 Å². The van der Waals surface area contributed by atoms with Gasteiger partial charge < -0.3 is 9.47 Å². The van der Waals surface area contributed by atoms with E-state index in [4.69, 9.17) is 9.47 Å². The highest BCUT2D eigenvalue weighted by Crippen LogP contribution is 2.33. The van der Waals surface area contributed by atoms with Crippen molar-refractivity contribution >= 4 is 37.6 Å². The first kappa shape index (κ1) is 22.2. The summed E-state index contributed by atoms with van der Waals surface area (Å²) in [5, 5.41) is 0. The lowest BCUT2D eigenvalue weighted by Gasteiger charge is -2.24. The van der Waals surface area contributed by atoms with Crippen molar-refractivity contribution < 1.29 is 22.7 Å². The lowest BCUT2D eigenvalue weighted by atomic mass is 10.1. The third kappa shape index (κ3) is 4.86. The summed E-state index contributed by atoms with van der Waals surface area (Å²) in [5.41, 5.74) is 1.07. The molecule has 0 radical (unpaired) electrons. The molecule has 0 saturated heterocycles. The molecule has 0 saturated carbocycles. The van der Waals surface area contributed by atoms with E-state index in [1.165, 1.54) is 26.3 Å². The number of anilines is 1. The van der Waals surface area contributed by atoms with Crippen molar-refractivity contribution in [2.45, 2.75) is 31.6 Å². The summed E-state index contributed by atoms with van der Waals surface area (Å²) in [6, 6.07) is 9.56. The Labute approximate surface area is 174 Å². The van der Waals surface area contributed by atoms with E-state index in [0.29, 0.717) is 22.4 Å². The van der Waals surface area contributed by atoms with Gasteiger partial charge in [0, 0.05) is 11.5 Å². The van der Waals surface area contributed by atoms with Gasteiger partial charge in [0.25, 0.3) is 10.0 Å². The predicted molar refractivity (Wildman–Crippen MR) is 113 cm³/mol. The molecule has 0 bridgehead atoms. The van der Waals surface area contributed by atoms with Gasteiger partial charge in [-0.15, -0.1) is 0 Å². The van der Waals surface area contributed by atoms with E-state index in [9.17, 15) is 13.2 Å². The summed E-state index contributed by atoms with van der Waals surface area (Å²) in [6.07, 6.45) is 1.95. The molecule has 0 N–H and O–H groups in total. The molecule has 2 aromatic rings. The lowest BCUT2D eigenvalue weighted by molar-refractivity contribution is 0.0601. The molecule has 0 spiro atoms. The fourth-order valence-corrected chi connectivity index (χ4v) is 4.59.